The fraction of sp³-hybridized carbons (Fsp3) is 0.444. The largest absolute Gasteiger partial charge is 0.469 e. The average molecular weight is 197 g/mol. The van der Waals surface area contributed by atoms with Crippen molar-refractivity contribution in [3.05, 3.63) is 33.5 Å². The Labute approximate surface area is 81.2 Å². The lowest BCUT2D eigenvalue weighted by atomic mass is 10.0. The van der Waals surface area contributed by atoms with Gasteiger partial charge in [-0.2, -0.15) is 0 Å². The van der Waals surface area contributed by atoms with Crippen LogP contribution in [0, 0.1) is 10.1 Å². The molecular formula is C9H11NO4. The third kappa shape index (κ3) is 2.69. The van der Waals surface area contributed by atoms with Gasteiger partial charge in [0.1, 0.15) is 0 Å². The molecule has 0 aromatic rings. The second kappa shape index (κ2) is 4.55. The molecule has 1 rings (SSSR count). The highest BCUT2D eigenvalue weighted by Crippen LogP contribution is 2.21. The maximum absolute atomic E-state index is 10.9. The smallest absolute Gasteiger partial charge is 0.309 e. The summed E-state index contributed by atoms with van der Waals surface area (Å²) >= 11 is 0. The summed E-state index contributed by atoms with van der Waals surface area (Å²) in [6, 6.07) is 0. The zero-order chi connectivity index (χ0) is 10.6. The summed E-state index contributed by atoms with van der Waals surface area (Å²) < 4.78 is 4.49. The number of allylic oxidation sites excluding steroid dienone is 3. The van der Waals surface area contributed by atoms with Crippen molar-refractivity contribution >= 4 is 5.97 Å². The molecule has 0 radical (unpaired) electrons. The molecule has 0 fully saturated rings. The molecule has 0 bridgehead atoms. The fourth-order valence-corrected chi connectivity index (χ4v) is 1.23. The lowest BCUT2D eigenvalue weighted by Gasteiger charge is -2.08. The molecule has 0 N–H and O–H groups in total. The summed E-state index contributed by atoms with van der Waals surface area (Å²) in [5.41, 5.74) is 1.07. The molecule has 0 aliphatic heterocycles. The molecule has 0 aromatic carbocycles. The minimum Gasteiger partial charge on any atom is -0.469 e. The topological polar surface area (TPSA) is 69.4 Å². The minimum absolute atomic E-state index is 0.193. The first-order chi connectivity index (χ1) is 6.63. The molecule has 5 heteroatoms. The quantitative estimate of drug-likeness (QED) is 0.390. The van der Waals surface area contributed by atoms with Crippen LogP contribution in [0.2, 0.25) is 0 Å². The van der Waals surface area contributed by atoms with Crippen molar-refractivity contribution < 1.29 is 14.5 Å². The molecule has 0 amide bonds. The highest BCUT2D eigenvalue weighted by molar-refractivity contribution is 5.72. The summed E-state index contributed by atoms with van der Waals surface area (Å²) in [5, 5.41) is 10.4. The Morgan fingerprint density at radius 2 is 2.29 bits per heavy atom. The maximum Gasteiger partial charge on any atom is 0.309 e. The molecular weight excluding hydrogens is 186 g/mol. The number of methoxy groups -OCH3 is 1. The van der Waals surface area contributed by atoms with Crippen LogP contribution in [-0.2, 0) is 9.53 Å². The Balaban J connectivity index is 2.60. The molecule has 0 spiro atoms. The minimum atomic E-state index is -0.397. The molecule has 0 atom stereocenters. The van der Waals surface area contributed by atoms with Gasteiger partial charge < -0.3 is 4.74 Å². The molecule has 0 saturated heterocycles. The summed E-state index contributed by atoms with van der Waals surface area (Å²) in [6.07, 6.45) is 4.23. The second-order valence-corrected chi connectivity index (χ2v) is 2.99. The fourth-order valence-electron chi connectivity index (χ4n) is 1.23. The van der Waals surface area contributed by atoms with Gasteiger partial charge in [0, 0.05) is 12.5 Å². The SMILES string of the molecule is COC(=O)CC1=CC=C([N+](=O)[O-])CC1. The summed E-state index contributed by atoms with van der Waals surface area (Å²) in [6.45, 7) is 0. The predicted octanol–water partition coefficient (Wildman–Crippen LogP) is 1.43. The van der Waals surface area contributed by atoms with Crippen LogP contribution < -0.4 is 0 Å². The van der Waals surface area contributed by atoms with Crippen LogP contribution in [0.5, 0.6) is 0 Å². The zero-order valence-electron chi connectivity index (χ0n) is 7.86. The number of hydrogen-bond donors (Lipinski definition) is 0. The van der Waals surface area contributed by atoms with Crippen molar-refractivity contribution in [2.24, 2.45) is 0 Å². The number of esters is 1. The lowest BCUT2D eigenvalue weighted by Crippen LogP contribution is -2.06. The zero-order valence-corrected chi connectivity index (χ0v) is 7.86. The van der Waals surface area contributed by atoms with Crippen molar-refractivity contribution in [2.75, 3.05) is 7.11 Å². The van der Waals surface area contributed by atoms with Gasteiger partial charge in [-0.25, -0.2) is 0 Å². The highest BCUT2D eigenvalue weighted by atomic mass is 16.6. The standard InChI is InChI=1S/C9H11NO4/c1-14-9(11)6-7-2-4-8(5-3-7)10(12)13/h2,4H,3,5-6H2,1H3. The van der Waals surface area contributed by atoms with E-state index in [1.807, 2.05) is 0 Å². The highest BCUT2D eigenvalue weighted by Gasteiger charge is 2.16. The first-order valence-corrected chi connectivity index (χ1v) is 4.23. The Morgan fingerprint density at radius 1 is 1.57 bits per heavy atom. The summed E-state index contributed by atoms with van der Waals surface area (Å²) in [7, 11) is 1.32. The summed E-state index contributed by atoms with van der Waals surface area (Å²) in [5.74, 6) is -0.311. The van der Waals surface area contributed by atoms with E-state index in [4.69, 9.17) is 0 Å². The second-order valence-electron chi connectivity index (χ2n) is 2.99. The van der Waals surface area contributed by atoms with Crippen LogP contribution in [0.25, 0.3) is 0 Å². The number of ether oxygens (including phenoxy) is 1. The Hall–Kier alpha value is -1.65. The molecule has 5 nitrogen and oxygen atoms in total. The van der Waals surface area contributed by atoms with E-state index in [0.29, 0.717) is 12.8 Å². The summed E-state index contributed by atoms with van der Waals surface area (Å²) in [4.78, 5) is 20.8. The van der Waals surface area contributed by atoms with Gasteiger partial charge in [-0.1, -0.05) is 11.6 Å². The molecule has 76 valence electrons. The molecule has 0 saturated carbocycles. The number of rotatable bonds is 3. The third-order valence-electron chi connectivity index (χ3n) is 2.05. The number of carbonyl (C=O) groups excluding carboxylic acids is 1. The Kier molecular flexibility index (Phi) is 3.39. The van der Waals surface area contributed by atoms with E-state index in [2.05, 4.69) is 4.74 Å². The third-order valence-corrected chi connectivity index (χ3v) is 2.05. The van der Waals surface area contributed by atoms with Crippen LogP contribution in [0.15, 0.2) is 23.4 Å². The van der Waals surface area contributed by atoms with Crippen LogP contribution >= 0.6 is 0 Å². The van der Waals surface area contributed by atoms with Gasteiger partial charge in [0.05, 0.1) is 18.5 Å². The lowest BCUT2D eigenvalue weighted by molar-refractivity contribution is -0.428. The average Bonchev–Trinajstić information content (AvgIpc) is 2.18. The molecule has 14 heavy (non-hydrogen) atoms. The van der Waals surface area contributed by atoms with Crippen LogP contribution in [0.4, 0.5) is 0 Å². The number of nitrogens with zero attached hydrogens (tertiary/aromatic N) is 1. The Bertz CT molecular complexity index is 317. The number of hydrogen-bond acceptors (Lipinski definition) is 4. The van der Waals surface area contributed by atoms with E-state index in [0.717, 1.165) is 5.57 Å². The van der Waals surface area contributed by atoms with Gasteiger partial charge in [-0.05, 0) is 6.42 Å². The van der Waals surface area contributed by atoms with E-state index >= 15 is 0 Å². The van der Waals surface area contributed by atoms with Crippen LogP contribution in [-0.4, -0.2) is 18.0 Å². The number of nitro groups is 1. The first kappa shape index (κ1) is 10.4. The monoisotopic (exact) mass is 197 g/mol. The van der Waals surface area contributed by atoms with Gasteiger partial charge >= 0.3 is 5.97 Å². The normalized spacial score (nSPS) is 15.5. The van der Waals surface area contributed by atoms with E-state index in [9.17, 15) is 14.9 Å². The van der Waals surface area contributed by atoms with Crippen molar-refractivity contribution in [3.63, 3.8) is 0 Å². The number of carbonyl (C=O) groups is 1. The van der Waals surface area contributed by atoms with Gasteiger partial charge in [-0.3, -0.25) is 14.9 Å². The van der Waals surface area contributed by atoms with Gasteiger partial charge in [-0.15, -0.1) is 0 Å². The van der Waals surface area contributed by atoms with Gasteiger partial charge in [0.15, 0.2) is 0 Å². The van der Waals surface area contributed by atoms with Gasteiger partial charge in [0.25, 0.3) is 0 Å². The van der Waals surface area contributed by atoms with E-state index in [1.54, 1.807) is 6.08 Å². The predicted molar refractivity (Wildman–Crippen MR) is 49.0 cm³/mol. The van der Waals surface area contributed by atoms with Crippen LogP contribution in [0.1, 0.15) is 19.3 Å². The van der Waals surface area contributed by atoms with Crippen molar-refractivity contribution in [2.45, 2.75) is 19.3 Å². The maximum atomic E-state index is 10.9. The molecule has 0 aromatic heterocycles. The van der Waals surface area contributed by atoms with E-state index < -0.39 is 4.92 Å². The van der Waals surface area contributed by atoms with E-state index in [1.165, 1.54) is 13.2 Å². The van der Waals surface area contributed by atoms with Crippen molar-refractivity contribution in [3.8, 4) is 0 Å². The van der Waals surface area contributed by atoms with Crippen molar-refractivity contribution in [1.82, 2.24) is 0 Å². The van der Waals surface area contributed by atoms with Crippen LogP contribution in [0.3, 0.4) is 0 Å². The molecule has 1 aliphatic carbocycles. The van der Waals surface area contributed by atoms with E-state index in [-0.39, 0.29) is 18.1 Å². The molecule has 0 unspecified atom stereocenters. The first-order valence-electron chi connectivity index (χ1n) is 4.23. The molecule has 1 aliphatic rings. The van der Waals surface area contributed by atoms with Crippen molar-refractivity contribution in [1.29, 1.82) is 0 Å². The van der Waals surface area contributed by atoms with Gasteiger partial charge in [0.2, 0.25) is 5.70 Å². The Morgan fingerprint density at radius 3 is 2.71 bits per heavy atom. The molecule has 0 heterocycles.